The van der Waals surface area contributed by atoms with E-state index in [0.717, 1.165) is 0 Å². The zero-order valence-corrected chi connectivity index (χ0v) is 7.16. The molecule has 4 heteroatoms. The first-order valence-corrected chi connectivity index (χ1v) is 4.16. The van der Waals surface area contributed by atoms with Gasteiger partial charge in [0.15, 0.2) is 0 Å². The van der Waals surface area contributed by atoms with Crippen molar-refractivity contribution in [2.45, 2.75) is 19.0 Å². The Labute approximate surface area is 71.2 Å². The highest BCUT2D eigenvalue weighted by Gasteiger charge is 2.30. The van der Waals surface area contributed by atoms with Crippen LogP contribution in [0.4, 0.5) is 4.39 Å². The standard InChI is InChI=1S/C8H14FNO2/c1-10-4-2-6(8(11)12)7(9)3-5-10/h6-7H,2-5H2,1H3,(H,11,12)/t6-,7+/m0/s1. The third-order valence-electron chi connectivity index (χ3n) is 2.36. The predicted molar refractivity (Wildman–Crippen MR) is 42.8 cm³/mol. The summed E-state index contributed by atoms with van der Waals surface area (Å²) in [6.45, 7) is 1.34. The van der Waals surface area contributed by atoms with E-state index in [1.807, 2.05) is 11.9 Å². The van der Waals surface area contributed by atoms with Crippen LogP contribution in [0.15, 0.2) is 0 Å². The lowest BCUT2D eigenvalue weighted by atomic mass is 9.99. The van der Waals surface area contributed by atoms with Crippen LogP contribution in [-0.2, 0) is 4.79 Å². The van der Waals surface area contributed by atoms with Gasteiger partial charge < -0.3 is 10.0 Å². The highest BCUT2D eigenvalue weighted by atomic mass is 19.1. The van der Waals surface area contributed by atoms with Crippen LogP contribution in [0.25, 0.3) is 0 Å². The van der Waals surface area contributed by atoms with E-state index < -0.39 is 18.1 Å². The number of hydrogen-bond donors (Lipinski definition) is 1. The van der Waals surface area contributed by atoms with Gasteiger partial charge in [0.05, 0.1) is 5.92 Å². The molecule has 1 fully saturated rings. The Balaban J connectivity index is 2.56. The summed E-state index contributed by atoms with van der Waals surface area (Å²) in [6, 6.07) is 0. The van der Waals surface area contributed by atoms with E-state index in [1.165, 1.54) is 0 Å². The molecule has 1 saturated heterocycles. The largest absolute Gasteiger partial charge is 0.481 e. The second-order valence-electron chi connectivity index (χ2n) is 3.34. The lowest BCUT2D eigenvalue weighted by Crippen LogP contribution is -2.24. The van der Waals surface area contributed by atoms with E-state index in [0.29, 0.717) is 25.9 Å². The molecular formula is C8H14FNO2. The number of rotatable bonds is 1. The zero-order chi connectivity index (χ0) is 9.14. The zero-order valence-electron chi connectivity index (χ0n) is 7.16. The van der Waals surface area contributed by atoms with Crippen molar-refractivity contribution in [3.63, 3.8) is 0 Å². The SMILES string of the molecule is CN1CC[C@@H](F)[C@@H](C(=O)O)CC1. The van der Waals surface area contributed by atoms with Crippen LogP contribution >= 0.6 is 0 Å². The summed E-state index contributed by atoms with van der Waals surface area (Å²) in [6.07, 6.45) is -0.409. The molecule has 1 aliphatic heterocycles. The molecule has 0 unspecified atom stereocenters. The molecular weight excluding hydrogens is 161 g/mol. The third kappa shape index (κ3) is 2.17. The summed E-state index contributed by atoms with van der Waals surface area (Å²) < 4.78 is 13.1. The minimum Gasteiger partial charge on any atom is -0.481 e. The maximum absolute atomic E-state index is 13.1. The molecule has 0 amide bonds. The summed E-state index contributed by atoms with van der Waals surface area (Å²) >= 11 is 0. The number of likely N-dealkylation sites (tertiary alicyclic amines) is 1. The highest BCUT2D eigenvalue weighted by molar-refractivity contribution is 5.70. The number of carboxylic acid groups (broad SMARTS) is 1. The van der Waals surface area contributed by atoms with Crippen molar-refractivity contribution in [3.05, 3.63) is 0 Å². The van der Waals surface area contributed by atoms with Crippen molar-refractivity contribution < 1.29 is 14.3 Å². The van der Waals surface area contributed by atoms with E-state index in [1.54, 1.807) is 0 Å². The van der Waals surface area contributed by atoms with Crippen LogP contribution in [-0.4, -0.2) is 42.3 Å². The number of carboxylic acids is 1. The summed E-state index contributed by atoms with van der Waals surface area (Å²) in [5, 5.41) is 8.66. The van der Waals surface area contributed by atoms with Gasteiger partial charge in [-0.05, 0) is 26.4 Å². The summed E-state index contributed by atoms with van der Waals surface area (Å²) in [4.78, 5) is 12.5. The number of aliphatic carboxylic acids is 1. The van der Waals surface area contributed by atoms with Crippen molar-refractivity contribution in [3.8, 4) is 0 Å². The van der Waals surface area contributed by atoms with Gasteiger partial charge >= 0.3 is 5.97 Å². The Hall–Kier alpha value is -0.640. The first kappa shape index (κ1) is 9.45. The number of halogens is 1. The van der Waals surface area contributed by atoms with E-state index in [4.69, 9.17) is 5.11 Å². The highest BCUT2D eigenvalue weighted by Crippen LogP contribution is 2.20. The van der Waals surface area contributed by atoms with Crippen LogP contribution in [0, 0.1) is 5.92 Å². The minimum atomic E-state index is -1.17. The van der Waals surface area contributed by atoms with Crippen LogP contribution in [0.5, 0.6) is 0 Å². The fourth-order valence-corrected chi connectivity index (χ4v) is 1.48. The molecule has 0 aliphatic carbocycles. The Morgan fingerprint density at radius 1 is 1.50 bits per heavy atom. The number of nitrogens with zero attached hydrogens (tertiary/aromatic N) is 1. The molecule has 70 valence electrons. The van der Waals surface area contributed by atoms with Gasteiger partial charge in [0.25, 0.3) is 0 Å². The average Bonchev–Trinajstić information content (AvgIpc) is 2.14. The first-order valence-electron chi connectivity index (χ1n) is 4.16. The molecule has 3 nitrogen and oxygen atoms in total. The maximum atomic E-state index is 13.1. The summed E-state index contributed by atoms with van der Waals surface area (Å²) in [5.74, 6) is -1.80. The molecule has 0 aromatic heterocycles. The summed E-state index contributed by atoms with van der Waals surface area (Å²) in [7, 11) is 1.89. The molecule has 1 rings (SSSR count). The smallest absolute Gasteiger partial charge is 0.309 e. The molecule has 0 bridgehead atoms. The van der Waals surface area contributed by atoms with Crippen LogP contribution < -0.4 is 0 Å². The lowest BCUT2D eigenvalue weighted by molar-refractivity contribution is -0.144. The lowest BCUT2D eigenvalue weighted by Gasteiger charge is -2.11. The number of carbonyl (C=O) groups is 1. The van der Waals surface area contributed by atoms with Gasteiger partial charge in [0.1, 0.15) is 6.17 Å². The second-order valence-corrected chi connectivity index (χ2v) is 3.34. The van der Waals surface area contributed by atoms with Gasteiger partial charge in [-0.2, -0.15) is 0 Å². The van der Waals surface area contributed by atoms with Crippen LogP contribution in [0.1, 0.15) is 12.8 Å². The van der Waals surface area contributed by atoms with E-state index in [9.17, 15) is 9.18 Å². The van der Waals surface area contributed by atoms with E-state index in [2.05, 4.69) is 0 Å². The molecule has 0 radical (unpaired) electrons. The topological polar surface area (TPSA) is 40.5 Å². The third-order valence-corrected chi connectivity index (χ3v) is 2.36. The van der Waals surface area contributed by atoms with Gasteiger partial charge in [0.2, 0.25) is 0 Å². The Kier molecular flexibility index (Phi) is 3.03. The Morgan fingerprint density at radius 3 is 2.67 bits per heavy atom. The average molecular weight is 175 g/mol. The summed E-state index contributed by atoms with van der Waals surface area (Å²) in [5.41, 5.74) is 0. The van der Waals surface area contributed by atoms with Gasteiger partial charge in [-0.25, -0.2) is 4.39 Å². The minimum absolute atomic E-state index is 0.341. The van der Waals surface area contributed by atoms with Gasteiger partial charge in [-0.1, -0.05) is 0 Å². The Bertz CT molecular complexity index is 174. The van der Waals surface area contributed by atoms with E-state index >= 15 is 0 Å². The van der Waals surface area contributed by atoms with Crippen molar-refractivity contribution in [2.75, 3.05) is 20.1 Å². The van der Waals surface area contributed by atoms with Crippen LogP contribution in [0.3, 0.4) is 0 Å². The predicted octanol–water partition coefficient (Wildman–Crippen LogP) is 0.751. The molecule has 1 N–H and O–H groups in total. The van der Waals surface area contributed by atoms with Crippen LogP contribution in [0.2, 0.25) is 0 Å². The second kappa shape index (κ2) is 3.85. The van der Waals surface area contributed by atoms with Crippen molar-refractivity contribution in [2.24, 2.45) is 5.92 Å². The monoisotopic (exact) mass is 175 g/mol. The quantitative estimate of drug-likeness (QED) is 0.639. The molecule has 0 spiro atoms. The fourth-order valence-electron chi connectivity index (χ4n) is 1.48. The first-order chi connectivity index (χ1) is 5.61. The van der Waals surface area contributed by atoms with Gasteiger partial charge in [-0.15, -0.1) is 0 Å². The van der Waals surface area contributed by atoms with Gasteiger partial charge in [-0.3, -0.25) is 4.79 Å². The molecule has 0 aromatic carbocycles. The van der Waals surface area contributed by atoms with Crippen molar-refractivity contribution in [1.82, 2.24) is 4.90 Å². The fraction of sp³-hybridized carbons (Fsp3) is 0.875. The van der Waals surface area contributed by atoms with Gasteiger partial charge in [0, 0.05) is 6.54 Å². The van der Waals surface area contributed by atoms with Crippen molar-refractivity contribution in [1.29, 1.82) is 0 Å². The molecule has 1 heterocycles. The number of hydrogen-bond acceptors (Lipinski definition) is 2. The number of alkyl halides is 1. The molecule has 1 aliphatic rings. The van der Waals surface area contributed by atoms with Crippen molar-refractivity contribution >= 4 is 5.97 Å². The molecule has 12 heavy (non-hydrogen) atoms. The molecule has 0 saturated carbocycles. The normalized spacial score (nSPS) is 32.8. The van der Waals surface area contributed by atoms with E-state index in [-0.39, 0.29) is 0 Å². The maximum Gasteiger partial charge on any atom is 0.309 e. The Morgan fingerprint density at radius 2 is 2.08 bits per heavy atom. The molecule has 2 atom stereocenters. The molecule has 0 aromatic rings.